The molecule has 1 atom stereocenters. The zero-order chi connectivity index (χ0) is 13.9. The van der Waals surface area contributed by atoms with Gasteiger partial charge in [0.15, 0.2) is 0 Å². The maximum Gasteiger partial charge on any atom is 0.0708 e. The number of aromatic nitrogens is 1. The molecular formula is C19H21N. The highest BCUT2D eigenvalue weighted by Gasteiger charge is 2.13. The van der Waals surface area contributed by atoms with Crippen LogP contribution in [0.2, 0.25) is 0 Å². The molecule has 0 bridgehead atoms. The van der Waals surface area contributed by atoms with Gasteiger partial charge in [0.2, 0.25) is 0 Å². The van der Waals surface area contributed by atoms with Crippen LogP contribution >= 0.6 is 0 Å². The molecule has 0 saturated carbocycles. The van der Waals surface area contributed by atoms with Crippen molar-refractivity contribution < 1.29 is 0 Å². The Kier molecular flexibility index (Phi) is 3.68. The summed E-state index contributed by atoms with van der Waals surface area (Å²) in [7, 11) is 0. The van der Waals surface area contributed by atoms with Crippen molar-refractivity contribution >= 4 is 0 Å². The predicted molar refractivity (Wildman–Crippen MR) is 84.9 cm³/mol. The molecule has 0 N–H and O–H groups in total. The van der Waals surface area contributed by atoms with Crippen LogP contribution in [0.5, 0.6) is 0 Å². The topological polar surface area (TPSA) is 12.9 Å². The van der Waals surface area contributed by atoms with E-state index >= 15 is 0 Å². The molecule has 1 unspecified atom stereocenters. The van der Waals surface area contributed by atoms with Gasteiger partial charge >= 0.3 is 0 Å². The van der Waals surface area contributed by atoms with Crippen molar-refractivity contribution in [1.82, 2.24) is 4.98 Å². The van der Waals surface area contributed by atoms with Crippen molar-refractivity contribution in [2.24, 2.45) is 0 Å². The number of benzene rings is 1. The molecule has 1 aliphatic rings. The molecule has 0 radical (unpaired) electrons. The molecule has 1 aromatic heterocycles. The summed E-state index contributed by atoms with van der Waals surface area (Å²) >= 11 is 0. The van der Waals surface area contributed by atoms with E-state index in [1.54, 1.807) is 0 Å². The fourth-order valence-corrected chi connectivity index (χ4v) is 2.83. The first kappa shape index (κ1) is 13.1. The van der Waals surface area contributed by atoms with Gasteiger partial charge < -0.3 is 0 Å². The molecule has 1 aromatic carbocycles. The average molecular weight is 263 g/mol. The number of nitrogens with zero attached hydrogens (tertiary/aromatic N) is 1. The monoisotopic (exact) mass is 263 g/mol. The second-order valence-electron chi connectivity index (χ2n) is 5.58. The molecule has 3 rings (SSSR count). The molecule has 1 heterocycles. The van der Waals surface area contributed by atoms with Crippen molar-refractivity contribution in [3.8, 4) is 11.3 Å². The summed E-state index contributed by atoms with van der Waals surface area (Å²) in [5, 5.41) is 0. The van der Waals surface area contributed by atoms with Crippen LogP contribution < -0.4 is 0 Å². The molecule has 0 saturated heterocycles. The summed E-state index contributed by atoms with van der Waals surface area (Å²) in [6, 6.07) is 13.1. The van der Waals surface area contributed by atoms with Crippen LogP contribution in [-0.4, -0.2) is 4.98 Å². The molecule has 2 aromatic rings. The minimum absolute atomic E-state index is 0.573. The molecule has 102 valence electrons. The van der Waals surface area contributed by atoms with Gasteiger partial charge in [0.25, 0.3) is 0 Å². The van der Waals surface area contributed by atoms with E-state index in [-0.39, 0.29) is 0 Å². The average Bonchev–Trinajstić information content (AvgIpc) is 2.53. The molecule has 1 aliphatic carbocycles. The standard InChI is InChI=1S/C19H21N/c1-3-14(2)16-9-5-6-10-17(16)19-13-12-15-8-4-7-11-18(15)20-19/h4-7,9-10,12-14H,3,8,11H2,1-2H3. The lowest BCUT2D eigenvalue weighted by atomic mass is 9.91. The van der Waals surface area contributed by atoms with Crippen molar-refractivity contribution in [1.29, 1.82) is 0 Å². The molecule has 0 amide bonds. The van der Waals surface area contributed by atoms with E-state index in [1.807, 2.05) is 0 Å². The Morgan fingerprint density at radius 1 is 1.05 bits per heavy atom. The van der Waals surface area contributed by atoms with E-state index in [0.717, 1.165) is 25.0 Å². The van der Waals surface area contributed by atoms with Gasteiger partial charge in [0.1, 0.15) is 0 Å². The van der Waals surface area contributed by atoms with Gasteiger partial charge in [-0.15, -0.1) is 0 Å². The van der Waals surface area contributed by atoms with E-state index in [0.29, 0.717) is 5.92 Å². The van der Waals surface area contributed by atoms with Crippen LogP contribution in [0.25, 0.3) is 11.3 Å². The Morgan fingerprint density at radius 2 is 1.85 bits per heavy atom. The van der Waals surface area contributed by atoms with E-state index in [9.17, 15) is 0 Å². The largest absolute Gasteiger partial charge is 0.252 e. The molecule has 0 fully saturated rings. The highest BCUT2D eigenvalue weighted by atomic mass is 14.7. The maximum absolute atomic E-state index is 4.91. The normalized spacial score (nSPS) is 14.9. The van der Waals surface area contributed by atoms with E-state index in [1.165, 1.54) is 22.4 Å². The van der Waals surface area contributed by atoms with Crippen LogP contribution in [0.3, 0.4) is 0 Å². The molecule has 1 nitrogen and oxygen atoms in total. The highest BCUT2D eigenvalue weighted by Crippen LogP contribution is 2.30. The first-order chi connectivity index (χ1) is 9.79. The third kappa shape index (κ3) is 2.40. The van der Waals surface area contributed by atoms with Crippen LogP contribution in [0.15, 0.2) is 48.6 Å². The third-order valence-corrected chi connectivity index (χ3v) is 4.26. The summed E-state index contributed by atoms with van der Waals surface area (Å²) < 4.78 is 0. The van der Waals surface area contributed by atoms with Crippen LogP contribution in [-0.2, 0) is 12.8 Å². The van der Waals surface area contributed by atoms with Crippen molar-refractivity contribution in [2.45, 2.75) is 39.0 Å². The third-order valence-electron chi connectivity index (χ3n) is 4.26. The SMILES string of the molecule is CCC(C)c1ccccc1-c1ccc2c(n1)CC=CC2. The van der Waals surface area contributed by atoms with Crippen molar-refractivity contribution in [3.05, 3.63) is 65.4 Å². The van der Waals surface area contributed by atoms with Crippen molar-refractivity contribution in [3.63, 3.8) is 0 Å². The predicted octanol–water partition coefficient (Wildman–Crippen LogP) is 4.92. The first-order valence-electron chi connectivity index (χ1n) is 7.52. The van der Waals surface area contributed by atoms with Gasteiger partial charge in [-0.05, 0) is 36.0 Å². The zero-order valence-electron chi connectivity index (χ0n) is 12.3. The second-order valence-corrected chi connectivity index (χ2v) is 5.58. The molecule has 0 aliphatic heterocycles. The van der Waals surface area contributed by atoms with Gasteiger partial charge in [-0.1, -0.05) is 56.3 Å². The Morgan fingerprint density at radius 3 is 2.70 bits per heavy atom. The van der Waals surface area contributed by atoms with Gasteiger partial charge in [-0.25, -0.2) is 0 Å². The van der Waals surface area contributed by atoms with E-state index in [2.05, 4.69) is 62.4 Å². The fourth-order valence-electron chi connectivity index (χ4n) is 2.83. The fraction of sp³-hybridized carbons (Fsp3) is 0.316. The maximum atomic E-state index is 4.91. The molecular weight excluding hydrogens is 242 g/mol. The van der Waals surface area contributed by atoms with Crippen LogP contribution in [0.1, 0.15) is 43.0 Å². The molecule has 20 heavy (non-hydrogen) atoms. The van der Waals surface area contributed by atoms with Crippen molar-refractivity contribution in [2.75, 3.05) is 0 Å². The Bertz CT molecular complexity index is 640. The number of fused-ring (bicyclic) bond motifs is 1. The number of pyridine rings is 1. The number of hydrogen-bond donors (Lipinski definition) is 0. The quantitative estimate of drug-likeness (QED) is 0.716. The van der Waals surface area contributed by atoms with E-state index < -0.39 is 0 Å². The zero-order valence-corrected chi connectivity index (χ0v) is 12.3. The highest BCUT2D eigenvalue weighted by molar-refractivity contribution is 5.65. The lowest BCUT2D eigenvalue weighted by Crippen LogP contribution is -2.03. The smallest absolute Gasteiger partial charge is 0.0708 e. The summed E-state index contributed by atoms with van der Waals surface area (Å²) in [6.07, 6.45) is 7.60. The lowest BCUT2D eigenvalue weighted by Gasteiger charge is -2.16. The second kappa shape index (κ2) is 5.62. The Balaban J connectivity index is 2.06. The van der Waals surface area contributed by atoms with Gasteiger partial charge in [-0.3, -0.25) is 4.98 Å². The minimum Gasteiger partial charge on any atom is -0.252 e. The summed E-state index contributed by atoms with van der Waals surface area (Å²) in [5.41, 5.74) is 6.43. The number of allylic oxidation sites excluding steroid dienone is 2. The number of hydrogen-bond acceptors (Lipinski definition) is 1. The van der Waals surface area contributed by atoms with Gasteiger partial charge in [0.05, 0.1) is 5.69 Å². The van der Waals surface area contributed by atoms with Gasteiger partial charge in [-0.2, -0.15) is 0 Å². The van der Waals surface area contributed by atoms with E-state index in [4.69, 9.17) is 4.98 Å². The van der Waals surface area contributed by atoms with Crippen LogP contribution in [0.4, 0.5) is 0 Å². The minimum atomic E-state index is 0.573. The molecule has 1 heteroatoms. The summed E-state index contributed by atoms with van der Waals surface area (Å²) in [4.78, 5) is 4.91. The summed E-state index contributed by atoms with van der Waals surface area (Å²) in [5.74, 6) is 0.573. The first-order valence-corrected chi connectivity index (χ1v) is 7.52. The lowest BCUT2D eigenvalue weighted by molar-refractivity contribution is 0.735. The summed E-state index contributed by atoms with van der Waals surface area (Å²) in [6.45, 7) is 4.53. The molecule has 0 spiro atoms. The Labute approximate surface area is 121 Å². The van der Waals surface area contributed by atoms with Gasteiger partial charge in [0, 0.05) is 17.7 Å². The van der Waals surface area contributed by atoms with Crippen LogP contribution in [0, 0.1) is 0 Å². The Hall–Kier alpha value is -1.89. The number of rotatable bonds is 3.